The number of esters is 1. The second-order valence-corrected chi connectivity index (χ2v) is 5.13. The molecule has 0 radical (unpaired) electrons. The molecule has 0 spiro atoms. The summed E-state index contributed by atoms with van der Waals surface area (Å²) in [5.41, 5.74) is 0.373. The van der Waals surface area contributed by atoms with E-state index in [9.17, 15) is 9.59 Å². The Morgan fingerprint density at radius 1 is 1.45 bits per heavy atom. The van der Waals surface area contributed by atoms with Gasteiger partial charge in [0.1, 0.15) is 22.6 Å². The van der Waals surface area contributed by atoms with Crippen LogP contribution in [0.2, 0.25) is 0 Å². The van der Waals surface area contributed by atoms with Crippen molar-refractivity contribution in [3.63, 3.8) is 0 Å². The van der Waals surface area contributed by atoms with E-state index in [1.54, 1.807) is 30.5 Å². The molecular formula is C15H12N2O4S. The van der Waals surface area contributed by atoms with Crippen molar-refractivity contribution in [1.29, 1.82) is 5.26 Å². The van der Waals surface area contributed by atoms with Gasteiger partial charge in [-0.05, 0) is 36.6 Å². The van der Waals surface area contributed by atoms with Gasteiger partial charge in [0.15, 0.2) is 6.61 Å². The molecule has 7 heteroatoms. The van der Waals surface area contributed by atoms with Crippen molar-refractivity contribution in [3.05, 3.63) is 46.7 Å². The zero-order valence-corrected chi connectivity index (χ0v) is 12.5. The van der Waals surface area contributed by atoms with Crippen LogP contribution < -0.4 is 5.32 Å². The Morgan fingerprint density at radius 2 is 2.27 bits per heavy atom. The highest BCUT2D eigenvalue weighted by atomic mass is 32.1. The summed E-state index contributed by atoms with van der Waals surface area (Å²) < 4.78 is 10.0. The molecule has 0 unspecified atom stereocenters. The number of carbonyl (C=O) groups is 2. The van der Waals surface area contributed by atoms with Gasteiger partial charge >= 0.3 is 5.97 Å². The van der Waals surface area contributed by atoms with Gasteiger partial charge < -0.3 is 14.5 Å². The largest absolute Gasteiger partial charge is 0.462 e. The Morgan fingerprint density at radius 3 is 2.95 bits per heavy atom. The molecule has 0 aliphatic heterocycles. The van der Waals surface area contributed by atoms with Gasteiger partial charge in [-0.15, -0.1) is 11.3 Å². The third kappa shape index (κ3) is 4.33. The van der Waals surface area contributed by atoms with Gasteiger partial charge in [-0.1, -0.05) is 0 Å². The van der Waals surface area contributed by atoms with Gasteiger partial charge in [0.05, 0.1) is 5.56 Å². The molecule has 0 aliphatic carbocycles. The molecule has 0 bridgehead atoms. The number of rotatable bonds is 5. The van der Waals surface area contributed by atoms with Crippen molar-refractivity contribution in [1.82, 2.24) is 0 Å². The van der Waals surface area contributed by atoms with Crippen LogP contribution in [-0.2, 0) is 14.3 Å². The van der Waals surface area contributed by atoms with Crippen molar-refractivity contribution in [3.8, 4) is 6.07 Å². The van der Waals surface area contributed by atoms with Crippen molar-refractivity contribution in [2.75, 3.05) is 11.9 Å². The van der Waals surface area contributed by atoms with Crippen molar-refractivity contribution in [2.24, 2.45) is 0 Å². The fraction of sp³-hybridized carbons (Fsp3) is 0.133. The molecule has 0 aromatic carbocycles. The molecule has 1 amide bonds. The number of anilines is 1. The van der Waals surface area contributed by atoms with Crippen LogP contribution in [0.5, 0.6) is 0 Å². The zero-order valence-electron chi connectivity index (χ0n) is 11.7. The lowest BCUT2D eigenvalue weighted by Crippen LogP contribution is -2.19. The molecule has 2 aromatic rings. The second kappa shape index (κ2) is 7.24. The van der Waals surface area contributed by atoms with Gasteiger partial charge in [0.25, 0.3) is 5.91 Å². The quantitative estimate of drug-likeness (QED) is 0.676. The Kier molecular flexibility index (Phi) is 5.11. The molecule has 22 heavy (non-hydrogen) atoms. The van der Waals surface area contributed by atoms with E-state index in [4.69, 9.17) is 14.4 Å². The van der Waals surface area contributed by atoms with Gasteiger partial charge in [0, 0.05) is 6.08 Å². The summed E-state index contributed by atoms with van der Waals surface area (Å²) in [7, 11) is 0. The number of ether oxygens (including phenoxy) is 1. The van der Waals surface area contributed by atoms with Crippen LogP contribution in [0.3, 0.4) is 0 Å². The van der Waals surface area contributed by atoms with E-state index in [-0.39, 0.29) is 0 Å². The second-order valence-electron chi connectivity index (χ2n) is 4.21. The number of aryl methyl sites for hydroxylation is 1. The van der Waals surface area contributed by atoms with Gasteiger partial charge in [-0.2, -0.15) is 5.26 Å². The summed E-state index contributed by atoms with van der Waals surface area (Å²) in [5, 5.41) is 13.5. The number of nitrogens with one attached hydrogen (secondary N) is 1. The minimum absolute atomic E-state index is 0.373. The lowest BCUT2D eigenvalue weighted by Gasteiger charge is -2.03. The SMILES string of the molecule is Cc1ccc(C=CC(=O)OCC(=O)Nc2sccc2C#N)o1. The Bertz CT molecular complexity index is 752. The molecule has 2 heterocycles. The first-order chi connectivity index (χ1) is 10.6. The van der Waals surface area contributed by atoms with Crippen LogP contribution in [0.25, 0.3) is 6.08 Å². The number of nitriles is 1. The maximum absolute atomic E-state index is 11.6. The average molecular weight is 316 g/mol. The number of nitrogens with zero attached hydrogens (tertiary/aromatic N) is 1. The predicted octanol–water partition coefficient (Wildman–Crippen LogP) is 2.72. The van der Waals surface area contributed by atoms with Crippen molar-refractivity contribution >= 4 is 34.3 Å². The third-order valence-electron chi connectivity index (χ3n) is 2.53. The van der Waals surface area contributed by atoms with E-state index < -0.39 is 18.5 Å². The first kappa shape index (κ1) is 15.5. The lowest BCUT2D eigenvalue weighted by atomic mass is 10.3. The highest BCUT2D eigenvalue weighted by Gasteiger charge is 2.09. The van der Waals surface area contributed by atoms with Gasteiger partial charge in [0.2, 0.25) is 0 Å². The molecule has 2 rings (SSSR count). The normalized spacial score (nSPS) is 10.4. The Labute approximate surface area is 130 Å². The first-order valence-corrected chi connectivity index (χ1v) is 7.15. The molecular weight excluding hydrogens is 304 g/mol. The highest BCUT2D eigenvalue weighted by molar-refractivity contribution is 7.14. The number of hydrogen-bond acceptors (Lipinski definition) is 6. The maximum atomic E-state index is 11.6. The molecule has 0 saturated heterocycles. The van der Waals surface area contributed by atoms with E-state index in [2.05, 4.69) is 5.32 Å². The van der Waals surface area contributed by atoms with E-state index in [0.29, 0.717) is 16.3 Å². The van der Waals surface area contributed by atoms with Crippen LogP contribution in [-0.4, -0.2) is 18.5 Å². The molecule has 2 aromatic heterocycles. The molecule has 0 saturated carbocycles. The lowest BCUT2D eigenvalue weighted by molar-refractivity contribution is -0.142. The minimum Gasteiger partial charge on any atom is -0.462 e. The van der Waals surface area contributed by atoms with Crippen LogP contribution in [0.15, 0.2) is 34.1 Å². The number of furan rings is 1. The predicted molar refractivity (Wildman–Crippen MR) is 81.1 cm³/mol. The summed E-state index contributed by atoms with van der Waals surface area (Å²) in [6.45, 7) is 1.36. The summed E-state index contributed by atoms with van der Waals surface area (Å²) in [5.74, 6) is 0.0956. The number of carbonyl (C=O) groups excluding carboxylic acids is 2. The smallest absolute Gasteiger partial charge is 0.331 e. The van der Waals surface area contributed by atoms with Crippen LogP contribution in [0.4, 0.5) is 5.00 Å². The standard InChI is InChI=1S/C15H12N2O4S/c1-10-2-3-12(21-10)4-5-14(19)20-9-13(18)17-15-11(8-16)6-7-22-15/h2-7H,9H2,1H3,(H,17,18). The summed E-state index contributed by atoms with van der Waals surface area (Å²) >= 11 is 1.23. The molecule has 6 nitrogen and oxygen atoms in total. The average Bonchev–Trinajstić information content (AvgIpc) is 3.11. The van der Waals surface area contributed by atoms with Crippen molar-refractivity contribution < 1.29 is 18.7 Å². The Hall–Kier alpha value is -2.85. The zero-order chi connectivity index (χ0) is 15.9. The molecule has 0 aliphatic rings. The minimum atomic E-state index is -0.657. The summed E-state index contributed by atoms with van der Waals surface area (Å²) in [6.07, 6.45) is 2.64. The fourth-order valence-electron chi connectivity index (χ4n) is 1.53. The number of amides is 1. The third-order valence-corrected chi connectivity index (χ3v) is 3.36. The van der Waals surface area contributed by atoms with E-state index in [1.807, 2.05) is 6.07 Å². The van der Waals surface area contributed by atoms with E-state index >= 15 is 0 Å². The number of thiophene rings is 1. The summed E-state index contributed by atoms with van der Waals surface area (Å²) in [6, 6.07) is 7.03. The fourth-order valence-corrected chi connectivity index (χ4v) is 2.29. The van der Waals surface area contributed by atoms with Crippen molar-refractivity contribution in [2.45, 2.75) is 6.92 Å². The Balaban J connectivity index is 1.80. The van der Waals surface area contributed by atoms with Gasteiger partial charge in [-0.3, -0.25) is 4.79 Å². The van der Waals surface area contributed by atoms with Gasteiger partial charge in [-0.25, -0.2) is 4.79 Å². The monoisotopic (exact) mass is 316 g/mol. The van der Waals surface area contributed by atoms with E-state index in [1.165, 1.54) is 23.5 Å². The molecule has 1 N–H and O–H groups in total. The van der Waals surface area contributed by atoms with Crippen LogP contribution in [0.1, 0.15) is 17.1 Å². The highest BCUT2D eigenvalue weighted by Crippen LogP contribution is 2.21. The summed E-state index contributed by atoms with van der Waals surface area (Å²) in [4.78, 5) is 23.1. The first-order valence-electron chi connectivity index (χ1n) is 6.27. The molecule has 0 fully saturated rings. The number of hydrogen-bond donors (Lipinski definition) is 1. The molecule has 112 valence electrons. The van der Waals surface area contributed by atoms with Crippen LogP contribution in [0, 0.1) is 18.3 Å². The van der Waals surface area contributed by atoms with Crippen LogP contribution >= 0.6 is 11.3 Å². The molecule has 0 atom stereocenters. The topological polar surface area (TPSA) is 92.3 Å². The van der Waals surface area contributed by atoms with E-state index in [0.717, 1.165) is 5.76 Å². The maximum Gasteiger partial charge on any atom is 0.331 e.